The van der Waals surface area contributed by atoms with Crippen molar-refractivity contribution in [3.63, 3.8) is 0 Å². The van der Waals surface area contributed by atoms with Gasteiger partial charge < -0.3 is 10.4 Å². The molecule has 0 aliphatic carbocycles. The molecule has 0 atom stereocenters. The SMILES string of the molecule is O=C(O)c1nc(CN2CCCNCC2)cs1. The van der Waals surface area contributed by atoms with Crippen molar-refractivity contribution in [2.75, 3.05) is 26.2 Å². The summed E-state index contributed by atoms with van der Waals surface area (Å²) in [6.07, 6.45) is 1.13. The van der Waals surface area contributed by atoms with Gasteiger partial charge in [0.05, 0.1) is 5.69 Å². The van der Waals surface area contributed by atoms with E-state index in [4.69, 9.17) is 5.11 Å². The minimum atomic E-state index is -0.936. The van der Waals surface area contributed by atoms with Gasteiger partial charge in [-0.15, -0.1) is 11.3 Å². The maximum atomic E-state index is 10.7. The maximum Gasteiger partial charge on any atom is 0.365 e. The molecule has 1 aliphatic rings. The smallest absolute Gasteiger partial charge is 0.365 e. The molecule has 88 valence electrons. The lowest BCUT2D eigenvalue weighted by Crippen LogP contribution is -2.27. The maximum absolute atomic E-state index is 10.7. The van der Waals surface area contributed by atoms with Gasteiger partial charge in [0.2, 0.25) is 5.01 Å². The van der Waals surface area contributed by atoms with Crippen molar-refractivity contribution in [3.8, 4) is 0 Å². The van der Waals surface area contributed by atoms with Gasteiger partial charge in [0, 0.05) is 25.0 Å². The third-order valence-electron chi connectivity index (χ3n) is 2.55. The molecule has 5 nitrogen and oxygen atoms in total. The number of aromatic carboxylic acids is 1. The number of rotatable bonds is 3. The highest BCUT2D eigenvalue weighted by Gasteiger charge is 2.13. The zero-order chi connectivity index (χ0) is 11.4. The summed E-state index contributed by atoms with van der Waals surface area (Å²) >= 11 is 1.20. The number of nitrogens with zero attached hydrogens (tertiary/aromatic N) is 2. The van der Waals surface area contributed by atoms with E-state index in [9.17, 15) is 4.79 Å². The van der Waals surface area contributed by atoms with Gasteiger partial charge in [-0.25, -0.2) is 9.78 Å². The monoisotopic (exact) mass is 241 g/mol. The Kier molecular flexibility index (Phi) is 3.87. The van der Waals surface area contributed by atoms with Crippen molar-refractivity contribution in [1.82, 2.24) is 15.2 Å². The lowest BCUT2D eigenvalue weighted by Gasteiger charge is -2.17. The molecule has 1 fully saturated rings. The molecule has 1 aromatic heterocycles. The predicted molar refractivity (Wildman–Crippen MR) is 61.8 cm³/mol. The molecule has 2 rings (SSSR count). The minimum Gasteiger partial charge on any atom is -0.476 e. The summed E-state index contributed by atoms with van der Waals surface area (Å²) in [5.41, 5.74) is 0.865. The molecule has 16 heavy (non-hydrogen) atoms. The Balaban J connectivity index is 1.94. The Morgan fingerprint density at radius 1 is 1.56 bits per heavy atom. The van der Waals surface area contributed by atoms with E-state index in [1.54, 1.807) is 0 Å². The second-order valence-corrected chi connectivity index (χ2v) is 4.69. The molecule has 0 spiro atoms. The van der Waals surface area contributed by atoms with Crippen LogP contribution in [0.15, 0.2) is 5.38 Å². The Hall–Kier alpha value is -0.980. The zero-order valence-corrected chi connectivity index (χ0v) is 9.79. The molecule has 2 heterocycles. The Morgan fingerprint density at radius 3 is 3.19 bits per heavy atom. The van der Waals surface area contributed by atoms with Gasteiger partial charge in [0.15, 0.2) is 0 Å². The number of hydrogen-bond donors (Lipinski definition) is 2. The third-order valence-corrected chi connectivity index (χ3v) is 3.43. The molecule has 0 saturated carbocycles. The van der Waals surface area contributed by atoms with E-state index < -0.39 is 5.97 Å². The van der Waals surface area contributed by atoms with Crippen LogP contribution < -0.4 is 5.32 Å². The molecular weight excluding hydrogens is 226 g/mol. The molecule has 0 radical (unpaired) electrons. The van der Waals surface area contributed by atoms with Crippen LogP contribution in [-0.4, -0.2) is 47.1 Å². The number of nitrogens with one attached hydrogen (secondary N) is 1. The Morgan fingerprint density at radius 2 is 2.44 bits per heavy atom. The van der Waals surface area contributed by atoms with Crippen LogP contribution in [0.25, 0.3) is 0 Å². The van der Waals surface area contributed by atoms with Crippen LogP contribution in [-0.2, 0) is 6.54 Å². The summed E-state index contributed by atoms with van der Waals surface area (Å²) in [6.45, 7) is 4.86. The van der Waals surface area contributed by atoms with E-state index in [0.717, 1.165) is 44.8 Å². The summed E-state index contributed by atoms with van der Waals surface area (Å²) < 4.78 is 0. The van der Waals surface area contributed by atoms with E-state index in [0.29, 0.717) is 0 Å². The minimum absolute atomic E-state index is 0.183. The first-order valence-corrected chi connectivity index (χ1v) is 6.24. The van der Waals surface area contributed by atoms with E-state index in [1.165, 1.54) is 11.3 Å². The second-order valence-electron chi connectivity index (χ2n) is 3.83. The van der Waals surface area contributed by atoms with Crippen LogP contribution in [0, 0.1) is 0 Å². The Labute approximate surface area is 98.1 Å². The number of carboxylic acids is 1. The van der Waals surface area contributed by atoms with Crippen LogP contribution in [0.2, 0.25) is 0 Å². The van der Waals surface area contributed by atoms with Crippen molar-refractivity contribution in [2.24, 2.45) is 0 Å². The number of thiazole rings is 1. The molecule has 0 bridgehead atoms. The first kappa shape index (κ1) is 11.5. The van der Waals surface area contributed by atoms with Crippen molar-refractivity contribution in [1.29, 1.82) is 0 Å². The summed E-state index contributed by atoms with van der Waals surface area (Å²) in [7, 11) is 0. The van der Waals surface area contributed by atoms with E-state index in [2.05, 4.69) is 15.2 Å². The van der Waals surface area contributed by atoms with E-state index >= 15 is 0 Å². The highest BCUT2D eigenvalue weighted by molar-refractivity contribution is 7.11. The fourth-order valence-electron chi connectivity index (χ4n) is 1.77. The van der Waals surface area contributed by atoms with Crippen molar-refractivity contribution >= 4 is 17.3 Å². The summed E-state index contributed by atoms with van der Waals surface area (Å²) in [5.74, 6) is -0.936. The lowest BCUT2D eigenvalue weighted by molar-refractivity contribution is 0.0696. The van der Waals surface area contributed by atoms with Crippen LogP contribution in [0.5, 0.6) is 0 Å². The van der Waals surface area contributed by atoms with Crippen molar-refractivity contribution in [2.45, 2.75) is 13.0 Å². The molecule has 0 amide bonds. The fourth-order valence-corrected chi connectivity index (χ4v) is 2.41. The quantitative estimate of drug-likeness (QED) is 0.813. The number of carboxylic acid groups (broad SMARTS) is 1. The van der Waals surface area contributed by atoms with E-state index in [-0.39, 0.29) is 5.01 Å². The third kappa shape index (κ3) is 3.01. The fraction of sp³-hybridized carbons (Fsp3) is 0.600. The topological polar surface area (TPSA) is 65.5 Å². The molecule has 6 heteroatoms. The van der Waals surface area contributed by atoms with E-state index in [1.807, 2.05) is 5.38 Å². The molecule has 1 aromatic rings. The summed E-state index contributed by atoms with van der Waals surface area (Å²) in [4.78, 5) is 17.1. The normalized spacial score (nSPS) is 18.2. The van der Waals surface area contributed by atoms with Gasteiger partial charge in [-0.1, -0.05) is 0 Å². The first-order valence-electron chi connectivity index (χ1n) is 5.36. The molecular formula is C10H15N3O2S. The lowest BCUT2D eigenvalue weighted by atomic mass is 10.3. The average molecular weight is 241 g/mol. The summed E-state index contributed by atoms with van der Waals surface area (Å²) in [6, 6.07) is 0. The van der Waals surface area contributed by atoms with Gasteiger partial charge in [0.25, 0.3) is 0 Å². The van der Waals surface area contributed by atoms with Crippen LogP contribution in [0.4, 0.5) is 0 Å². The predicted octanol–water partition coefficient (Wildman–Crippen LogP) is 0.637. The van der Waals surface area contributed by atoms with Crippen LogP contribution >= 0.6 is 11.3 Å². The van der Waals surface area contributed by atoms with Crippen LogP contribution in [0.1, 0.15) is 21.9 Å². The highest BCUT2D eigenvalue weighted by Crippen LogP contribution is 2.12. The zero-order valence-electron chi connectivity index (χ0n) is 8.98. The van der Waals surface area contributed by atoms with Gasteiger partial charge in [-0.3, -0.25) is 4.90 Å². The number of hydrogen-bond acceptors (Lipinski definition) is 5. The number of aromatic nitrogens is 1. The molecule has 1 aliphatic heterocycles. The second kappa shape index (κ2) is 5.38. The Bertz CT molecular complexity index is 359. The summed E-state index contributed by atoms with van der Waals surface area (Å²) in [5, 5.41) is 14.1. The van der Waals surface area contributed by atoms with Gasteiger partial charge in [-0.2, -0.15) is 0 Å². The highest BCUT2D eigenvalue weighted by atomic mass is 32.1. The first-order chi connectivity index (χ1) is 7.75. The average Bonchev–Trinajstić information content (AvgIpc) is 2.56. The van der Waals surface area contributed by atoms with Gasteiger partial charge in [-0.05, 0) is 19.5 Å². The van der Waals surface area contributed by atoms with Crippen molar-refractivity contribution in [3.05, 3.63) is 16.1 Å². The molecule has 2 N–H and O–H groups in total. The number of carbonyl (C=O) groups is 1. The molecule has 0 unspecified atom stereocenters. The molecule has 0 aromatic carbocycles. The van der Waals surface area contributed by atoms with Crippen molar-refractivity contribution < 1.29 is 9.90 Å². The molecule has 1 saturated heterocycles. The standard InChI is InChI=1S/C10H15N3O2S/c14-10(15)9-12-8(7-16-9)6-13-4-1-2-11-3-5-13/h7,11H,1-6H2,(H,14,15). The van der Waals surface area contributed by atoms with Gasteiger partial charge >= 0.3 is 5.97 Å². The van der Waals surface area contributed by atoms with Gasteiger partial charge in [0.1, 0.15) is 0 Å². The largest absolute Gasteiger partial charge is 0.476 e. The van der Waals surface area contributed by atoms with Crippen LogP contribution in [0.3, 0.4) is 0 Å².